The molecule has 0 spiro atoms. The first kappa shape index (κ1) is 45.4. The molecule has 0 aromatic heterocycles. The Morgan fingerprint density at radius 1 is 0.244 bits per heavy atom. The second-order valence-electron chi connectivity index (χ2n) is 24.8. The molecule has 0 radical (unpaired) electrons. The first-order valence-corrected chi connectivity index (χ1v) is 28.0. The molecule has 0 atom stereocenters. The Labute approximate surface area is 457 Å². The van der Waals surface area contributed by atoms with Crippen LogP contribution in [0.5, 0.6) is 0 Å². The van der Waals surface area contributed by atoms with Crippen LogP contribution in [-0.2, 0) is 16.2 Å². The van der Waals surface area contributed by atoms with E-state index in [-0.39, 0.29) is 16.2 Å². The van der Waals surface area contributed by atoms with Gasteiger partial charge in [-0.25, -0.2) is 0 Å². The standard InChI is InChI=1S/C78H58/c1-76(2,3)56-39-54-24-23-49-25-31-57(67-36-30-55(40-56)73(54)74(49)67)47-19-15-45(16-20-47)50-26-32-61-63-34-28-52(43-71(63)77(4,5)69(61)41-50)53-29-35-64-62-33-27-51(42-70(62)78(6,7)72(64)44-53)46-17-21-48(22-18-46)58-37-38-68-60-12-9-8-11-59(60)66-14-10-13-65(58)75(66)68/h8-44H,1-7H3. The van der Waals surface area contributed by atoms with E-state index in [0.29, 0.717) is 0 Å². The molecule has 16 rings (SSSR count). The van der Waals surface area contributed by atoms with Gasteiger partial charge in [0.1, 0.15) is 0 Å². The highest BCUT2D eigenvalue weighted by Crippen LogP contribution is 2.54. The molecule has 3 aliphatic rings. The molecule has 0 heterocycles. The topological polar surface area (TPSA) is 0 Å². The van der Waals surface area contributed by atoms with E-state index >= 15 is 0 Å². The Bertz CT molecular complexity index is 4670. The van der Waals surface area contributed by atoms with E-state index in [1.165, 1.54) is 171 Å². The average Bonchev–Trinajstić information content (AvgIpc) is 4.17. The monoisotopic (exact) mass is 994 g/mol. The van der Waals surface area contributed by atoms with Gasteiger partial charge >= 0.3 is 0 Å². The van der Waals surface area contributed by atoms with Gasteiger partial charge in [-0.2, -0.15) is 0 Å². The van der Waals surface area contributed by atoms with Crippen molar-refractivity contribution in [3.05, 3.63) is 252 Å². The summed E-state index contributed by atoms with van der Waals surface area (Å²) in [7, 11) is 0. The van der Waals surface area contributed by atoms with Crippen molar-refractivity contribution in [2.45, 2.75) is 64.7 Å². The Balaban J connectivity index is 0.666. The van der Waals surface area contributed by atoms with Crippen LogP contribution < -0.4 is 0 Å². The van der Waals surface area contributed by atoms with Gasteiger partial charge in [0.15, 0.2) is 0 Å². The maximum absolute atomic E-state index is 2.48. The van der Waals surface area contributed by atoms with Crippen molar-refractivity contribution in [2.75, 3.05) is 0 Å². The molecule has 0 saturated carbocycles. The molecule has 3 aliphatic carbocycles. The summed E-state index contributed by atoms with van der Waals surface area (Å²) < 4.78 is 0. The van der Waals surface area contributed by atoms with E-state index in [1.54, 1.807) is 0 Å². The van der Waals surface area contributed by atoms with Gasteiger partial charge in [0.25, 0.3) is 0 Å². The third-order valence-electron chi connectivity index (χ3n) is 18.8. The van der Waals surface area contributed by atoms with E-state index in [4.69, 9.17) is 0 Å². The molecule has 0 nitrogen and oxygen atoms in total. The summed E-state index contributed by atoms with van der Waals surface area (Å²) in [6, 6.07) is 86.1. The predicted molar refractivity (Wildman–Crippen MR) is 333 cm³/mol. The highest BCUT2D eigenvalue weighted by atomic mass is 14.4. The summed E-state index contributed by atoms with van der Waals surface area (Å²) in [5, 5.41) is 10.7. The van der Waals surface area contributed by atoms with E-state index in [1.807, 2.05) is 0 Å². The first-order valence-electron chi connectivity index (χ1n) is 28.0. The number of hydrogen-bond donors (Lipinski definition) is 0. The van der Waals surface area contributed by atoms with Crippen LogP contribution in [0.25, 0.3) is 143 Å². The lowest BCUT2D eigenvalue weighted by Crippen LogP contribution is -2.15. The van der Waals surface area contributed by atoms with E-state index in [9.17, 15) is 0 Å². The van der Waals surface area contributed by atoms with Crippen LogP contribution in [0.2, 0.25) is 0 Å². The Kier molecular flexibility index (Phi) is 9.23. The first-order chi connectivity index (χ1) is 37.8. The molecule has 0 bridgehead atoms. The fraction of sp³-hybridized carbons (Fsp3) is 0.128. The molecular formula is C78H58. The minimum Gasteiger partial charge on any atom is -0.0616 e. The highest BCUT2D eigenvalue weighted by Gasteiger charge is 2.38. The van der Waals surface area contributed by atoms with Gasteiger partial charge in [-0.3, -0.25) is 0 Å². The number of benzene rings is 13. The van der Waals surface area contributed by atoms with Crippen LogP contribution in [-0.4, -0.2) is 0 Å². The molecule has 0 aliphatic heterocycles. The second kappa shape index (κ2) is 15.9. The molecule has 0 heteroatoms. The lowest BCUT2D eigenvalue weighted by atomic mass is 9.79. The van der Waals surface area contributed by atoms with Crippen LogP contribution in [0.15, 0.2) is 224 Å². The lowest BCUT2D eigenvalue weighted by molar-refractivity contribution is 0.591. The van der Waals surface area contributed by atoms with Crippen LogP contribution in [0.4, 0.5) is 0 Å². The molecule has 78 heavy (non-hydrogen) atoms. The van der Waals surface area contributed by atoms with Gasteiger partial charge in [0.2, 0.25) is 0 Å². The van der Waals surface area contributed by atoms with Gasteiger partial charge in [0.05, 0.1) is 0 Å². The number of fused-ring (bicyclic) bond motifs is 9. The minimum absolute atomic E-state index is 0.0931. The zero-order valence-corrected chi connectivity index (χ0v) is 45.4. The maximum Gasteiger partial charge on any atom is 0.0159 e. The van der Waals surface area contributed by atoms with E-state index in [0.717, 1.165) is 0 Å². The van der Waals surface area contributed by atoms with Crippen molar-refractivity contribution in [3.8, 4) is 100 Å². The normalized spacial score (nSPS) is 14.3. The molecule has 370 valence electrons. The molecule has 0 amide bonds. The van der Waals surface area contributed by atoms with Crippen LogP contribution >= 0.6 is 0 Å². The fourth-order valence-corrected chi connectivity index (χ4v) is 14.4. The third-order valence-corrected chi connectivity index (χ3v) is 18.8. The smallest absolute Gasteiger partial charge is 0.0159 e. The maximum atomic E-state index is 2.48. The summed E-state index contributed by atoms with van der Waals surface area (Å²) in [5.74, 6) is 0. The quantitative estimate of drug-likeness (QED) is 0.151. The number of hydrogen-bond acceptors (Lipinski definition) is 0. The molecule has 0 unspecified atom stereocenters. The van der Waals surface area contributed by atoms with Crippen LogP contribution in [0.1, 0.15) is 76.3 Å². The van der Waals surface area contributed by atoms with Crippen molar-refractivity contribution in [1.29, 1.82) is 0 Å². The average molecular weight is 995 g/mol. The fourth-order valence-electron chi connectivity index (χ4n) is 14.4. The van der Waals surface area contributed by atoms with E-state index in [2.05, 4.69) is 273 Å². The Morgan fingerprint density at radius 3 is 1.08 bits per heavy atom. The molecule has 0 N–H and O–H groups in total. The Hall–Kier alpha value is -8.84. The van der Waals surface area contributed by atoms with Crippen molar-refractivity contribution in [2.24, 2.45) is 0 Å². The summed E-state index contributed by atoms with van der Waals surface area (Å²) in [4.78, 5) is 0. The van der Waals surface area contributed by atoms with Gasteiger partial charge in [-0.1, -0.05) is 249 Å². The number of rotatable bonds is 5. The van der Waals surface area contributed by atoms with Crippen molar-refractivity contribution in [3.63, 3.8) is 0 Å². The molecule has 13 aromatic rings. The summed E-state index contributed by atoms with van der Waals surface area (Å²) in [6.45, 7) is 16.5. The van der Waals surface area contributed by atoms with Gasteiger partial charge in [-0.15, -0.1) is 0 Å². The second-order valence-corrected chi connectivity index (χ2v) is 24.8. The van der Waals surface area contributed by atoms with Gasteiger partial charge in [-0.05, 0) is 201 Å². The van der Waals surface area contributed by atoms with Crippen LogP contribution in [0, 0.1) is 0 Å². The summed E-state index contributed by atoms with van der Waals surface area (Å²) >= 11 is 0. The molecule has 13 aromatic carbocycles. The third kappa shape index (κ3) is 6.41. The summed E-state index contributed by atoms with van der Waals surface area (Å²) in [5.41, 5.74) is 30.0. The minimum atomic E-state index is -0.158. The highest BCUT2D eigenvalue weighted by molar-refractivity contribution is 6.26. The van der Waals surface area contributed by atoms with Crippen molar-refractivity contribution in [1.82, 2.24) is 0 Å². The largest absolute Gasteiger partial charge is 0.0616 e. The van der Waals surface area contributed by atoms with Crippen molar-refractivity contribution >= 4 is 43.1 Å². The zero-order chi connectivity index (χ0) is 52.6. The van der Waals surface area contributed by atoms with Crippen LogP contribution in [0.3, 0.4) is 0 Å². The van der Waals surface area contributed by atoms with Gasteiger partial charge in [0, 0.05) is 10.8 Å². The molecule has 0 fully saturated rings. The molecular weight excluding hydrogens is 937 g/mol. The zero-order valence-electron chi connectivity index (χ0n) is 45.4. The summed E-state index contributed by atoms with van der Waals surface area (Å²) in [6.07, 6.45) is 0. The van der Waals surface area contributed by atoms with Gasteiger partial charge < -0.3 is 0 Å². The Morgan fingerprint density at radius 2 is 0.590 bits per heavy atom. The molecule has 0 saturated heterocycles. The predicted octanol–water partition coefficient (Wildman–Crippen LogP) is 21.6. The van der Waals surface area contributed by atoms with Crippen molar-refractivity contribution < 1.29 is 0 Å². The lowest BCUT2D eigenvalue weighted by Gasteiger charge is -2.24. The SMILES string of the molecule is CC(C)(C)c1cc2ccc3ccc(-c4ccc(-c5ccc6c(c5)C(C)(C)c5cc(-c7ccc8c(c7)C(C)(C)c7cc(-c9ccc(-c%10ccc%11c%12c(cccc%10%12)-c%10ccccc%10-%11)cc9)ccc7-8)ccc5-6)cc4)c4ccc(c1)c2c34. The van der Waals surface area contributed by atoms with E-state index < -0.39 is 0 Å².